The van der Waals surface area contributed by atoms with E-state index in [1.165, 1.54) is 6.42 Å². The van der Waals surface area contributed by atoms with Gasteiger partial charge in [-0.15, -0.1) is 0 Å². The van der Waals surface area contributed by atoms with Gasteiger partial charge in [-0.1, -0.05) is 25.9 Å². The highest BCUT2D eigenvalue weighted by molar-refractivity contribution is 5.07. The van der Waals surface area contributed by atoms with Crippen molar-refractivity contribution in [2.45, 2.75) is 58.1 Å². The number of ether oxygens (including phenoxy) is 1. The van der Waals surface area contributed by atoms with Crippen molar-refractivity contribution in [1.29, 1.82) is 0 Å². The summed E-state index contributed by atoms with van der Waals surface area (Å²) in [6.07, 6.45) is 3.93. The average molecular weight is 267 g/mol. The van der Waals surface area contributed by atoms with Crippen LogP contribution in [0, 0.1) is 5.92 Å². The molecule has 1 aliphatic rings. The molecule has 0 radical (unpaired) electrons. The van der Waals surface area contributed by atoms with Crippen molar-refractivity contribution >= 4 is 0 Å². The van der Waals surface area contributed by atoms with Gasteiger partial charge in [0.2, 0.25) is 11.7 Å². The standard InChI is InChI=1S/C14H25N3O2/c1-5-15-11(10(2)3)9-12-16-13(17-19-12)14(18-4)7-6-8-14/h10-11,15H,5-9H2,1-4H3. The van der Waals surface area contributed by atoms with E-state index in [0.717, 1.165) is 31.6 Å². The third-order valence-corrected chi connectivity index (χ3v) is 4.09. The van der Waals surface area contributed by atoms with Crippen molar-refractivity contribution < 1.29 is 9.26 Å². The van der Waals surface area contributed by atoms with Crippen LogP contribution in [0.25, 0.3) is 0 Å². The maximum Gasteiger partial charge on any atom is 0.228 e. The molecule has 0 aliphatic heterocycles. The van der Waals surface area contributed by atoms with Crippen LogP contribution in [0.2, 0.25) is 0 Å². The first-order valence-electron chi connectivity index (χ1n) is 7.23. The number of nitrogens with zero attached hydrogens (tertiary/aromatic N) is 2. The minimum atomic E-state index is -0.284. The molecule has 0 saturated heterocycles. The highest BCUT2D eigenvalue weighted by atomic mass is 16.5. The van der Waals surface area contributed by atoms with Crippen molar-refractivity contribution in [3.8, 4) is 0 Å². The molecule has 1 fully saturated rings. The number of nitrogens with one attached hydrogen (secondary N) is 1. The highest BCUT2D eigenvalue weighted by Crippen LogP contribution is 2.42. The van der Waals surface area contributed by atoms with Crippen molar-refractivity contribution in [3.63, 3.8) is 0 Å². The predicted molar refractivity (Wildman–Crippen MR) is 72.8 cm³/mol. The van der Waals surface area contributed by atoms with Crippen LogP contribution in [0.15, 0.2) is 4.52 Å². The number of aromatic nitrogens is 2. The molecule has 108 valence electrons. The lowest BCUT2D eigenvalue weighted by molar-refractivity contribution is -0.0858. The summed E-state index contributed by atoms with van der Waals surface area (Å²) < 4.78 is 11.0. The summed E-state index contributed by atoms with van der Waals surface area (Å²) in [6.45, 7) is 7.47. The van der Waals surface area contributed by atoms with Gasteiger partial charge in [-0.25, -0.2) is 0 Å². The number of likely N-dealkylation sites (N-methyl/N-ethyl adjacent to an activating group) is 1. The van der Waals surface area contributed by atoms with Gasteiger partial charge in [0.05, 0.1) is 0 Å². The lowest BCUT2D eigenvalue weighted by Gasteiger charge is -2.37. The van der Waals surface area contributed by atoms with E-state index < -0.39 is 0 Å². The lowest BCUT2D eigenvalue weighted by atomic mass is 9.79. The Morgan fingerprint density at radius 1 is 1.42 bits per heavy atom. The zero-order valence-corrected chi connectivity index (χ0v) is 12.4. The number of hydrogen-bond donors (Lipinski definition) is 1. The van der Waals surface area contributed by atoms with Crippen molar-refractivity contribution in [2.75, 3.05) is 13.7 Å². The van der Waals surface area contributed by atoms with Crippen LogP contribution in [-0.4, -0.2) is 29.8 Å². The van der Waals surface area contributed by atoms with E-state index in [1.54, 1.807) is 7.11 Å². The summed E-state index contributed by atoms with van der Waals surface area (Å²) in [7, 11) is 1.73. The van der Waals surface area contributed by atoms with Crippen LogP contribution in [0.5, 0.6) is 0 Å². The van der Waals surface area contributed by atoms with Gasteiger partial charge < -0.3 is 14.6 Å². The predicted octanol–water partition coefficient (Wildman–Crippen LogP) is 2.27. The van der Waals surface area contributed by atoms with E-state index in [2.05, 4.69) is 36.2 Å². The molecule has 0 aromatic carbocycles. The van der Waals surface area contributed by atoms with E-state index in [0.29, 0.717) is 17.9 Å². The largest absolute Gasteiger partial charge is 0.370 e. The third-order valence-electron chi connectivity index (χ3n) is 4.09. The Morgan fingerprint density at radius 2 is 2.16 bits per heavy atom. The fourth-order valence-electron chi connectivity index (χ4n) is 2.53. The van der Waals surface area contributed by atoms with Crippen LogP contribution in [0.3, 0.4) is 0 Å². The molecule has 2 rings (SSSR count). The van der Waals surface area contributed by atoms with Gasteiger partial charge in [0.1, 0.15) is 5.60 Å². The van der Waals surface area contributed by atoms with E-state index in [-0.39, 0.29) is 5.60 Å². The molecule has 1 heterocycles. The molecule has 1 aliphatic carbocycles. The molecule has 1 N–H and O–H groups in total. The van der Waals surface area contributed by atoms with Crippen LogP contribution < -0.4 is 5.32 Å². The molecule has 1 unspecified atom stereocenters. The molecule has 0 bridgehead atoms. The van der Waals surface area contributed by atoms with Gasteiger partial charge in [-0.2, -0.15) is 4.98 Å². The maximum absolute atomic E-state index is 5.57. The minimum absolute atomic E-state index is 0.284. The first kappa shape index (κ1) is 14.5. The van der Waals surface area contributed by atoms with Crippen LogP contribution in [-0.2, 0) is 16.8 Å². The average Bonchev–Trinajstić information content (AvgIpc) is 2.77. The van der Waals surface area contributed by atoms with E-state index in [4.69, 9.17) is 9.26 Å². The van der Waals surface area contributed by atoms with Crippen molar-refractivity contribution in [2.24, 2.45) is 5.92 Å². The highest BCUT2D eigenvalue weighted by Gasteiger charge is 2.43. The second-order valence-corrected chi connectivity index (χ2v) is 5.68. The Balaban J connectivity index is 2.04. The molecule has 1 aromatic heterocycles. The molecule has 1 atom stereocenters. The summed E-state index contributed by atoms with van der Waals surface area (Å²) in [5.41, 5.74) is -0.284. The van der Waals surface area contributed by atoms with Gasteiger partial charge in [0.15, 0.2) is 0 Å². The SMILES string of the molecule is CCNC(Cc1nc(C2(OC)CCC2)no1)C(C)C. The van der Waals surface area contributed by atoms with Gasteiger partial charge in [-0.3, -0.25) is 0 Å². The molecule has 0 amide bonds. The molecule has 1 saturated carbocycles. The van der Waals surface area contributed by atoms with E-state index in [1.807, 2.05) is 0 Å². The van der Waals surface area contributed by atoms with Crippen molar-refractivity contribution in [1.82, 2.24) is 15.5 Å². The summed E-state index contributed by atoms with van der Waals surface area (Å²) in [5, 5.41) is 7.58. The monoisotopic (exact) mass is 267 g/mol. The number of rotatable bonds is 7. The molecular formula is C14H25N3O2. The Labute approximate surface area is 115 Å². The quantitative estimate of drug-likeness (QED) is 0.821. The third kappa shape index (κ3) is 2.98. The minimum Gasteiger partial charge on any atom is -0.370 e. The number of methoxy groups -OCH3 is 1. The number of hydrogen-bond acceptors (Lipinski definition) is 5. The Kier molecular flexibility index (Phi) is 4.58. The molecule has 0 spiro atoms. The molecule has 5 nitrogen and oxygen atoms in total. The second kappa shape index (κ2) is 6.01. The summed E-state index contributed by atoms with van der Waals surface area (Å²) in [4.78, 5) is 4.54. The molecule has 1 aromatic rings. The molecular weight excluding hydrogens is 242 g/mol. The van der Waals surface area contributed by atoms with Crippen LogP contribution >= 0.6 is 0 Å². The van der Waals surface area contributed by atoms with Gasteiger partial charge in [0.25, 0.3) is 0 Å². The maximum atomic E-state index is 5.57. The van der Waals surface area contributed by atoms with Gasteiger partial charge in [-0.05, 0) is 31.7 Å². The zero-order chi connectivity index (χ0) is 13.9. The van der Waals surface area contributed by atoms with E-state index >= 15 is 0 Å². The Morgan fingerprint density at radius 3 is 2.63 bits per heavy atom. The van der Waals surface area contributed by atoms with Gasteiger partial charge in [0, 0.05) is 19.6 Å². The Hall–Kier alpha value is -0.940. The lowest BCUT2D eigenvalue weighted by Crippen LogP contribution is -2.37. The Bertz CT molecular complexity index is 394. The fraction of sp³-hybridized carbons (Fsp3) is 0.857. The first-order chi connectivity index (χ1) is 9.11. The van der Waals surface area contributed by atoms with Crippen molar-refractivity contribution in [3.05, 3.63) is 11.7 Å². The second-order valence-electron chi connectivity index (χ2n) is 5.68. The van der Waals surface area contributed by atoms with E-state index in [9.17, 15) is 0 Å². The summed E-state index contributed by atoms with van der Waals surface area (Å²) in [5.74, 6) is 1.96. The summed E-state index contributed by atoms with van der Waals surface area (Å²) >= 11 is 0. The smallest absolute Gasteiger partial charge is 0.228 e. The topological polar surface area (TPSA) is 60.2 Å². The fourth-order valence-corrected chi connectivity index (χ4v) is 2.53. The zero-order valence-electron chi connectivity index (χ0n) is 12.4. The van der Waals surface area contributed by atoms with Crippen LogP contribution in [0.1, 0.15) is 51.7 Å². The first-order valence-corrected chi connectivity index (χ1v) is 7.23. The van der Waals surface area contributed by atoms with Crippen LogP contribution in [0.4, 0.5) is 0 Å². The summed E-state index contributed by atoms with van der Waals surface area (Å²) in [6, 6.07) is 0.373. The van der Waals surface area contributed by atoms with Gasteiger partial charge >= 0.3 is 0 Å². The molecule has 19 heavy (non-hydrogen) atoms. The normalized spacial score (nSPS) is 19.4. The molecule has 5 heteroatoms.